The minimum atomic E-state index is -0.107. The van der Waals surface area contributed by atoms with Crippen LogP contribution in [0.1, 0.15) is 36.7 Å². The van der Waals surface area contributed by atoms with Gasteiger partial charge in [0, 0.05) is 38.8 Å². The number of nitrogens with zero attached hydrogens (tertiary/aromatic N) is 3. The first kappa shape index (κ1) is 26.2. The van der Waals surface area contributed by atoms with Gasteiger partial charge < -0.3 is 20.4 Å². The van der Waals surface area contributed by atoms with Gasteiger partial charge in [-0.25, -0.2) is 0 Å². The van der Waals surface area contributed by atoms with Crippen LogP contribution < -0.4 is 10.6 Å². The second kappa shape index (κ2) is 14.2. The highest BCUT2D eigenvalue weighted by atomic mass is 127. The number of amides is 2. The fourth-order valence-electron chi connectivity index (χ4n) is 2.64. The predicted octanol–water partition coefficient (Wildman–Crippen LogP) is 2.11. The molecule has 0 aliphatic carbocycles. The molecule has 0 spiro atoms. The standard InChI is InChI=1S/C20H33N5O2.HI/c1-6-21-20(24(5)15-18(26)25(7-2)8-3)23-13-12-22-19(27)17-11-9-10-16(4)14-17;/h9-11,14H,6-8,12-13,15H2,1-5H3,(H,21,23)(H,22,27);1H. The van der Waals surface area contributed by atoms with Gasteiger partial charge in [-0.2, -0.15) is 0 Å². The van der Waals surface area contributed by atoms with Crippen molar-refractivity contribution in [1.82, 2.24) is 20.4 Å². The summed E-state index contributed by atoms with van der Waals surface area (Å²) in [7, 11) is 1.84. The number of aliphatic imine (C=N–C) groups is 1. The van der Waals surface area contributed by atoms with Gasteiger partial charge in [0.25, 0.3) is 5.91 Å². The molecule has 0 radical (unpaired) electrons. The first-order valence-corrected chi connectivity index (χ1v) is 9.54. The molecule has 0 bridgehead atoms. The number of halogens is 1. The molecular weight excluding hydrogens is 469 g/mol. The zero-order valence-electron chi connectivity index (χ0n) is 17.6. The van der Waals surface area contributed by atoms with Gasteiger partial charge in [0.15, 0.2) is 5.96 Å². The average molecular weight is 503 g/mol. The molecule has 7 nitrogen and oxygen atoms in total. The summed E-state index contributed by atoms with van der Waals surface area (Å²) in [4.78, 5) is 32.5. The number of likely N-dealkylation sites (N-methyl/N-ethyl adjacent to an activating group) is 2. The van der Waals surface area contributed by atoms with Gasteiger partial charge in [-0.15, -0.1) is 24.0 Å². The van der Waals surface area contributed by atoms with E-state index in [-0.39, 0.29) is 42.3 Å². The molecule has 158 valence electrons. The number of hydrogen-bond acceptors (Lipinski definition) is 3. The molecule has 0 aliphatic rings. The fourth-order valence-corrected chi connectivity index (χ4v) is 2.64. The molecule has 0 saturated carbocycles. The summed E-state index contributed by atoms with van der Waals surface area (Å²) >= 11 is 0. The van der Waals surface area contributed by atoms with Crippen LogP contribution in [0.2, 0.25) is 0 Å². The first-order chi connectivity index (χ1) is 12.9. The van der Waals surface area contributed by atoms with E-state index in [0.717, 1.165) is 5.56 Å². The Hall–Kier alpha value is -1.84. The predicted molar refractivity (Wildman–Crippen MR) is 125 cm³/mol. The normalized spacial score (nSPS) is 10.7. The monoisotopic (exact) mass is 503 g/mol. The van der Waals surface area contributed by atoms with E-state index < -0.39 is 0 Å². The minimum Gasteiger partial charge on any atom is -0.357 e. The summed E-state index contributed by atoms with van der Waals surface area (Å²) < 4.78 is 0. The third-order valence-corrected chi connectivity index (χ3v) is 4.12. The zero-order valence-corrected chi connectivity index (χ0v) is 19.9. The van der Waals surface area contributed by atoms with Gasteiger partial charge in [0.2, 0.25) is 5.91 Å². The van der Waals surface area contributed by atoms with Crippen molar-refractivity contribution in [3.05, 3.63) is 35.4 Å². The summed E-state index contributed by atoms with van der Waals surface area (Å²) in [5.74, 6) is 0.618. The largest absolute Gasteiger partial charge is 0.357 e. The fraction of sp³-hybridized carbons (Fsp3) is 0.550. The molecule has 2 N–H and O–H groups in total. The van der Waals surface area contributed by atoms with E-state index in [1.807, 2.05) is 57.8 Å². The van der Waals surface area contributed by atoms with Crippen LogP contribution in [-0.4, -0.2) is 73.9 Å². The zero-order chi connectivity index (χ0) is 20.2. The van der Waals surface area contributed by atoms with Crippen molar-refractivity contribution in [2.24, 2.45) is 4.99 Å². The quantitative estimate of drug-likeness (QED) is 0.234. The summed E-state index contributed by atoms with van der Waals surface area (Å²) in [6.07, 6.45) is 0. The number of aryl methyl sites for hydroxylation is 1. The Morgan fingerprint density at radius 3 is 2.36 bits per heavy atom. The molecular formula is C20H34IN5O2. The molecule has 28 heavy (non-hydrogen) atoms. The second-order valence-corrected chi connectivity index (χ2v) is 6.28. The number of benzene rings is 1. The third-order valence-electron chi connectivity index (χ3n) is 4.12. The van der Waals surface area contributed by atoms with E-state index in [0.29, 0.717) is 44.2 Å². The van der Waals surface area contributed by atoms with Crippen LogP contribution in [0.4, 0.5) is 0 Å². The lowest BCUT2D eigenvalue weighted by molar-refractivity contribution is -0.131. The van der Waals surface area contributed by atoms with Crippen LogP contribution in [0.15, 0.2) is 29.3 Å². The lowest BCUT2D eigenvalue weighted by Gasteiger charge is -2.25. The van der Waals surface area contributed by atoms with E-state index >= 15 is 0 Å². The van der Waals surface area contributed by atoms with E-state index in [4.69, 9.17) is 0 Å². The van der Waals surface area contributed by atoms with E-state index in [1.165, 1.54) is 0 Å². The molecule has 0 saturated heterocycles. The molecule has 0 atom stereocenters. The van der Waals surface area contributed by atoms with Crippen LogP contribution in [0.3, 0.4) is 0 Å². The van der Waals surface area contributed by atoms with Gasteiger partial charge in [0.1, 0.15) is 0 Å². The summed E-state index contributed by atoms with van der Waals surface area (Å²) in [6, 6.07) is 7.48. The molecule has 1 rings (SSSR count). The highest BCUT2D eigenvalue weighted by Crippen LogP contribution is 2.03. The molecule has 0 unspecified atom stereocenters. The lowest BCUT2D eigenvalue weighted by atomic mass is 10.1. The minimum absolute atomic E-state index is 0. The molecule has 0 fully saturated rings. The van der Waals surface area contributed by atoms with Gasteiger partial charge in [-0.3, -0.25) is 14.6 Å². The Kier molecular flexibility index (Phi) is 13.3. The number of guanidine groups is 1. The number of carbonyl (C=O) groups excluding carboxylic acids is 2. The Labute approximate surface area is 186 Å². The molecule has 0 heterocycles. The van der Waals surface area contributed by atoms with E-state index in [2.05, 4.69) is 15.6 Å². The van der Waals surface area contributed by atoms with Crippen LogP contribution in [0.25, 0.3) is 0 Å². The van der Waals surface area contributed by atoms with Crippen LogP contribution in [0.5, 0.6) is 0 Å². The Balaban J connectivity index is 0.00000729. The second-order valence-electron chi connectivity index (χ2n) is 6.28. The molecule has 1 aromatic rings. The number of rotatable bonds is 9. The smallest absolute Gasteiger partial charge is 0.251 e. The van der Waals surface area contributed by atoms with Crippen molar-refractivity contribution in [2.75, 3.05) is 46.3 Å². The van der Waals surface area contributed by atoms with Crippen molar-refractivity contribution in [2.45, 2.75) is 27.7 Å². The Morgan fingerprint density at radius 2 is 1.79 bits per heavy atom. The Morgan fingerprint density at radius 1 is 1.11 bits per heavy atom. The summed E-state index contributed by atoms with van der Waals surface area (Å²) in [6.45, 7) is 11.1. The Bertz CT molecular complexity index is 647. The van der Waals surface area contributed by atoms with Crippen LogP contribution in [0, 0.1) is 6.92 Å². The summed E-state index contributed by atoms with van der Waals surface area (Å²) in [5.41, 5.74) is 1.70. The molecule has 0 aliphatic heterocycles. The molecule has 1 aromatic carbocycles. The van der Waals surface area contributed by atoms with Crippen LogP contribution >= 0.6 is 24.0 Å². The van der Waals surface area contributed by atoms with Gasteiger partial charge in [-0.05, 0) is 39.8 Å². The van der Waals surface area contributed by atoms with Crippen molar-refractivity contribution >= 4 is 41.8 Å². The third kappa shape index (κ3) is 8.90. The molecule has 2 amide bonds. The van der Waals surface area contributed by atoms with Crippen molar-refractivity contribution in [3.63, 3.8) is 0 Å². The van der Waals surface area contributed by atoms with Crippen LogP contribution in [-0.2, 0) is 4.79 Å². The van der Waals surface area contributed by atoms with Gasteiger partial charge >= 0.3 is 0 Å². The number of hydrogen-bond donors (Lipinski definition) is 2. The highest BCUT2D eigenvalue weighted by molar-refractivity contribution is 14.0. The summed E-state index contributed by atoms with van der Waals surface area (Å²) in [5, 5.41) is 6.05. The first-order valence-electron chi connectivity index (χ1n) is 9.54. The van der Waals surface area contributed by atoms with E-state index in [9.17, 15) is 9.59 Å². The maximum atomic E-state index is 12.3. The highest BCUT2D eigenvalue weighted by Gasteiger charge is 2.14. The van der Waals surface area contributed by atoms with Crippen molar-refractivity contribution < 1.29 is 9.59 Å². The SMILES string of the molecule is CCNC(=NCCNC(=O)c1cccc(C)c1)N(C)CC(=O)N(CC)CC.I. The number of carbonyl (C=O) groups is 2. The maximum Gasteiger partial charge on any atom is 0.251 e. The maximum absolute atomic E-state index is 12.3. The molecule has 0 aromatic heterocycles. The topological polar surface area (TPSA) is 77.0 Å². The lowest BCUT2D eigenvalue weighted by Crippen LogP contribution is -2.46. The van der Waals surface area contributed by atoms with Crippen molar-refractivity contribution in [1.29, 1.82) is 0 Å². The van der Waals surface area contributed by atoms with Gasteiger partial charge in [0.05, 0.1) is 13.1 Å². The van der Waals surface area contributed by atoms with Gasteiger partial charge in [-0.1, -0.05) is 17.7 Å². The molecule has 8 heteroatoms. The average Bonchev–Trinajstić information content (AvgIpc) is 2.64. The van der Waals surface area contributed by atoms with E-state index in [1.54, 1.807) is 11.0 Å². The number of nitrogens with one attached hydrogen (secondary N) is 2. The van der Waals surface area contributed by atoms with Crippen molar-refractivity contribution in [3.8, 4) is 0 Å².